The molecular formula is C19H19FN2O4. The van der Waals surface area contributed by atoms with Crippen LogP contribution < -0.4 is 10.6 Å². The van der Waals surface area contributed by atoms with Crippen LogP contribution in [0.1, 0.15) is 19.4 Å². The third kappa shape index (κ3) is 6.01. The molecule has 0 spiro atoms. The van der Waals surface area contributed by atoms with Gasteiger partial charge in [-0.3, -0.25) is 14.4 Å². The second kappa shape index (κ2) is 8.75. The molecule has 0 radical (unpaired) electrons. The van der Waals surface area contributed by atoms with Gasteiger partial charge in [0.15, 0.2) is 6.10 Å². The molecule has 2 aromatic rings. The quantitative estimate of drug-likeness (QED) is 0.778. The van der Waals surface area contributed by atoms with Gasteiger partial charge in [0.2, 0.25) is 5.91 Å². The molecule has 0 saturated carbocycles. The average Bonchev–Trinajstić information content (AvgIpc) is 2.58. The summed E-state index contributed by atoms with van der Waals surface area (Å²) in [4.78, 5) is 34.9. The van der Waals surface area contributed by atoms with Gasteiger partial charge in [-0.05, 0) is 48.9 Å². The monoisotopic (exact) mass is 358 g/mol. The van der Waals surface area contributed by atoms with Crippen molar-refractivity contribution in [1.82, 2.24) is 0 Å². The maximum absolute atomic E-state index is 12.8. The zero-order valence-corrected chi connectivity index (χ0v) is 14.4. The average molecular weight is 358 g/mol. The van der Waals surface area contributed by atoms with Gasteiger partial charge in [0, 0.05) is 18.3 Å². The number of anilines is 2. The van der Waals surface area contributed by atoms with Crippen molar-refractivity contribution in [2.24, 2.45) is 0 Å². The molecule has 0 aromatic heterocycles. The van der Waals surface area contributed by atoms with Crippen molar-refractivity contribution >= 4 is 29.2 Å². The van der Waals surface area contributed by atoms with Crippen LogP contribution in [0.3, 0.4) is 0 Å². The molecule has 0 heterocycles. The zero-order chi connectivity index (χ0) is 19.1. The van der Waals surface area contributed by atoms with Crippen LogP contribution in [0.5, 0.6) is 0 Å². The SMILES string of the molecule is CC(=O)Nc1ccc(NC(=O)C(C)OC(=O)Cc2ccc(F)cc2)cc1. The van der Waals surface area contributed by atoms with E-state index in [0.717, 1.165) is 0 Å². The van der Waals surface area contributed by atoms with Crippen molar-refractivity contribution in [3.8, 4) is 0 Å². The van der Waals surface area contributed by atoms with Crippen molar-refractivity contribution in [3.05, 3.63) is 59.9 Å². The van der Waals surface area contributed by atoms with E-state index in [1.54, 1.807) is 24.3 Å². The Balaban J connectivity index is 1.85. The number of hydrogen-bond donors (Lipinski definition) is 2. The Morgan fingerprint density at radius 2 is 1.50 bits per heavy atom. The van der Waals surface area contributed by atoms with Gasteiger partial charge in [-0.15, -0.1) is 0 Å². The highest BCUT2D eigenvalue weighted by Gasteiger charge is 2.18. The lowest BCUT2D eigenvalue weighted by Gasteiger charge is -2.14. The van der Waals surface area contributed by atoms with E-state index in [9.17, 15) is 18.8 Å². The molecule has 7 heteroatoms. The summed E-state index contributed by atoms with van der Waals surface area (Å²) in [6.07, 6.45) is -1.04. The van der Waals surface area contributed by atoms with Gasteiger partial charge in [-0.2, -0.15) is 0 Å². The van der Waals surface area contributed by atoms with E-state index in [0.29, 0.717) is 16.9 Å². The largest absolute Gasteiger partial charge is 0.452 e. The van der Waals surface area contributed by atoms with E-state index in [1.165, 1.54) is 38.1 Å². The predicted octanol–water partition coefficient (Wildman–Crippen LogP) is 2.90. The van der Waals surface area contributed by atoms with Gasteiger partial charge in [0.05, 0.1) is 6.42 Å². The molecule has 2 aromatic carbocycles. The van der Waals surface area contributed by atoms with Crippen LogP contribution >= 0.6 is 0 Å². The highest BCUT2D eigenvalue weighted by atomic mass is 19.1. The fourth-order valence-electron chi connectivity index (χ4n) is 2.15. The Labute approximate surface area is 150 Å². The molecule has 0 aliphatic heterocycles. The first-order valence-electron chi connectivity index (χ1n) is 7.96. The topological polar surface area (TPSA) is 84.5 Å². The molecule has 0 aliphatic carbocycles. The number of amides is 2. The second-order valence-electron chi connectivity index (χ2n) is 5.68. The van der Waals surface area contributed by atoms with Gasteiger partial charge >= 0.3 is 5.97 Å². The van der Waals surface area contributed by atoms with Gasteiger partial charge in [0.25, 0.3) is 5.91 Å². The molecule has 2 amide bonds. The molecule has 6 nitrogen and oxygen atoms in total. The van der Waals surface area contributed by atoms with Crippen LogP contribution in [0.4, 0.5) is 15.8 Å². The molecule has 1 atom stereocenters. The molecule has 0 fully saturated rings. The summed E-state index contributed by atoms with van der Waals surface area (Å²) < 4.78 is 17.9. The molecule has 2 N–H and O–H groups in total. The third-order valence-electron chi connectivity index (χ3n) is 3.41. The van der Waals surface area contributed by atoms with Crippen LogP contribution in [0.25, 0.3) is 0 Å². The first-order valence-corrected chi connectivity index (χ1v) is 7.96. The van der Waals surface area contributed by atoms with Gasteiger partial charge in [-0.25, -0.2) is 4.39 Å². The standard InChI is InChI=1S/C19H19FN2O4/c1-12(26-18(24)11-14-3-5-15(20)6-4-14)19(25)22-17-9-7-16(8-10-17)21-13(2)23/h3-10,12H,11H2,1-2H3,(H,21,23)(H,22,25). The minimum atomic E-state index is -0.988. The number of benzene rings is 2. The summed E-state index contributed by atoms with van der Waals surface area (Å²) in [6.45, 7) is 2.86. The molecule has 0 saturated heterocycles. The van der Waals surface area contributed by atoms with E-state index < -0.39 is 18.0 Å². The molecule has 1 unspecified atom stereocenters. The first kappa shape index (κ1) is 19.1. The molecule has 0 bridgehead atoms. The number of ether oxygens (including phenoxy) is 1. The summed E-state index contributed by atoms with van der Waals surface area (Å²) in [5.41, 5.74) is 1.71. The number of nitrogens with one attached hydrogen (secondary N) is 2. The zero-order valence-electron chi connectivity index (χ0n) is 14.4. The maximum atomic E-state index is 12.8. The van der Waals surface area contributed by atoms with Crippen LogP contribution in [0, 0.1) is 5.82 Å². The van der Waals surface area contributed by atoms with Crippen molar-refractivity contribution in [2.45, 2.75) is 26.4 Å². The summed E-state index contributed by atoms with van der Waals surface area (Å²) in [7, 11) is 0. The molecular weight excluding hydrogens is 339 g/mol. The van der Waals surface area contributed by atoms with E-state index in [-0.39, 0.29) is 18.1 Å². The highest BCUT2D eigenvalue weighted by molar-refractivity contribution is 5.95. The number of carbonyl (C=O) groups excluding carboxylic acids is 3. The first-order chi connectivity index (χ1) is 12.3. The lowest BCUT2D eigenvalue weighted by atomic mass is 10.1. The van der Waals surface area contributed by atoms with Crippen LogP contribution in [-0.4, -0.2) is 23.9 Å². The molecule has 136 valence electrons. The number of esters is 1. The molecule has 26 heavy (non-hydrogen) atoms. The Kier molecular flexibility index (Phi) is 6.43. The summed E-state index contributed by atoms with van der Waals surface area (Å²) in [6, 6.07) is 12.0. The van der Waals surface area contributed by atoms with Crippen molar-refractivity contribution in [3.63, 3.8) is 0 Å². The highest BCUT2D eigenvalue weighted by Crippen LogP contribution is 2.14. The van der Waals surface area contributed by atoms with E-state index in [4.69, 9.17) is 4.74 Å². The molecule has 0 aliphatic rings. The minimum Gasteiger partial charge on any atom is -0.452 e. The predicted molar refractivity (Wildman–Crippen MR) is 95.0 cm³/mol. The number of carbonyl (C=O) groups is 3. The van der Waals surface area contributed by atoms with Crippen molar-refractivity contribution < 1.29 is 23.5 Å². The van der Waals surface area contributed by atoms with Crippen LogP contribution in [-0.2, 0) is 25.5 Å². The van der Waals surface area contributed by atoms with Crippen molar-refractivity contribution in [1.29, 1.82) is 0 Å². The van der Waals surface area contributed by atoms with Gasteiger partial charge in [-0.1, -0.05) is 12.1 Å². The smallest absolute Gasteiger partial charge is 0.311 e. The number of hydrogen-bond acceptors (Lipinski definition) is 4. The van der Waals surface area contributed by atoms with E-state index >= 15 is 0 Å². The Hall–Kier alpha value is -3.22. The second-order valence-corrected chi connectivity index (χ2v) is 5.68. The fraction of sp³-hybridized carbons (Fsp3) is 0.211. The van der Waals surface area contributed by atoms with E-state index in [2.05, 4.69) is 10.6 Å². The number of rotatable bonds is 6. The van der Waals surface area contributed by atoms with Gasteiger partial charge < -0.3 is 15.4 Å². The summed E-state index contributed by atoms with van der Waals surface area (Å²) >= 11 is 0. The Bertz CT molecular complexity index is 788. The Morgan fingerprint density at radius 3 is 2.04 bits per heavy atom. The Morgan fingerprint density at radius 1 is 0.962 bits per heavy atom. The van der Waals surface area contributed by atoms with Crippen LogP contribution in [0.2, 0.25) is 0 Å². The van der Waals surface area contributed by atoms with Crippen LogP contribution in [0.15, 0.2) is 48.5 Å². The minimum absolute atomic E-state index is 0.0523. The normalized spacial score (nSPS) is 11.3. The lowest BCUT2D eigenvalue weighted by Crippen LogP contribution is -2.30. The number of halogens is 1. The summed E-state index contributed by atoms with van der Waals surface area (Å²) in [5.74, 6) is -1.65. The van der Waals surface area contributed by atoms with E-state index in [1.807, 2.05) is 0 Å². The molecule has 2 rings (SSSR count). The van der Waals surface area contributed by atoms with Crippen molar-refractivity contribution in [2.75, 3.05) is 10.6 Å². The maximum Gasteiger partial charge on any atom is 0.311 e. The summed E-state index contributed by atoms with van der Waals surface area (Å²) in [5, 5.41) is 5.24. The third-order valence-corrected chi connectivity index (χ3v) is 3.41. The lowest BCUT2D eigenvalue weighted by molar-refractivity contribution is -0.152. The van der Waals surface area contributed by atoms with Gasteiger partial charge in [0.1, 0.15) is 5.82 Å². The fourth-order valence-corrected chi connectivity index (χ4v) is 2.15.